The Morgan fingerprint density at radius 3 is 2.45 bits per heavy atom. The number of hydrogen-bond acceptors (Lipinski definition) is 7. The zero-order chi connectivity index (χ0) is 22.5. The van der Waals surface area contributed by atoms with Gasteiger partial charge >= 0.3 is 0 Å². The van der Waals surface area contributed by atoms with Crippen LogP contribution in [0.25, 0.3) is 5.76 Å². The van der Waals surface area contributed by atoms with Gasteiger partial charge in [-0.1, -0.05) is 0 Å². The molecular weight excluding hydrogens is 398 g/mol. The minimum absolute atomic E-state index is 0.0209. The molecule has 1 N–H and O–H groups in total. The van der Waals surface area contributed by atoms with Crippen LogP contribution in [0.5, 0.6) is 11.5 Å². The van der Waals surface area contributed by atoms with Gasteiger partial charge in [-0.05, 0) is 57.4 Å². The molecule has 8 heteroatoms. The second kappa shape index (κ2) is 9.61. The summed E-state index contributed by atoms with van der Waals surface area (Å²) in [5.74, 6) is -0.575. The molecule has 0 saturated carbocycles. The highest BCUT2D eigenvalue weighted by molar-refractivity contribution is 6.46. The monoisotopic (exact) mass is 425 g/mol. The van der Waals surface area contributed by atoms with E-state index in [1.807, 2.05) is 19.0 Å². The van der Waals surface area contributed by atoms with Crippen LogP contribution in [-0.4, -0.2) is 73.0 Å². The van der Waals surface area contributed by atoms with E-state index >= 15 is 0 Å². The number of ketones is 1. The highest BCUT2D eigenvalue weighted by Crippen LogP contribution is 2.43. The number of pyridine rings is 1. The van der Waals surface area contributed by atoms with Crippen molar-refractivity contribution in [2.24, 2.45) is 0 Å². The van der Waals surface area contributed by atoms with Crippen molar-refractivity contribution in [2.45, 2.75) is 12.5 Å². The number of hydrogen-bond donors (Lipinski definition) is 1. The first-order chi connectivity index (χ1) is 14.9. The van der Waals surface area contributed by atoms with E-state index in [4.69, 9.17) is 9.47 Å². The molecule has 0 aliphatic carbocycles. The van der Waals surface area contributed by atoms with Gasteiger partial charge in [0.2, 0.25) is 0 Å². The van der Waals surface area contributed by atoms with Crippen molar-refractivity contribution in [3.05, 3.63) is 59.4 Å². The van der Waals surface area contributed by atoms with Crippen LogP contribution in [0.3, 0.4) is 0 Å². The first-order valence-corrected chi connectivity index (χ1v) is 9.94. The molecule has 1 aliphatic heterocycles. The lowest BCUT2D eigenvalue weighted by Crippen LogP contribution is -2.32. The Labute approximate surface area is 181 Å². The minimum Gasteiger partial charge on any atom is -0.507 e. The first kappa shape index (κ1) is 22.3. The van der Waals surface area contributed by atoms with Crippen molar-refractivity contribution < 1.29 is 24.2 Å². The Hall–Kier alpha value is -3.39. The third-order valence-corrected chi connectivity index (χ3v) is 5.23. The second-order valence-electron chi connectivity index (χ2n) is 7.49. The van der Waals surface area contributed by atoms with Gasteiger partial charge in [-0.2, -0.15) is 0 Å². The van der Waals surface area contributed by atoms with E-state index in [1.54, 1.807) is 30.3 Å². The van der Waals surface area contributed by atoms with Crippen LogP contribution in [-0.2, 0) is 9.59 Å². The molecule has 2 aromatic rings. The third-order valence-electron chi connectivity index (χ3n) is 5.23. The number of likely N-dealkylation sites (tertiary alicyclic amines) is 1. The van der Waals surface area contributed by atoms with E-state index in [0.717, 1.165) is 6.54 Å². The summed E-state index contributed by atoms with van der Waals surface area (Å²) < 4.78 is 10.9. The molecule has 3 rings (SSSR count). The first-order valence-electron chi connectivity index (χ1n) is 9.94. The van der Waals surface area contributed by atoms with Crippen molar-refractivity contribution >= 4 is 17.4 Å². The van der Waals surface area contributed by atoms with Crippen LogP contribution in [0.4, 0.5) is 0 Å². The summed E-state index contributed by atoms with van der Waals surface area (Å²) >= 11 is 0. The topological polar surface area (TPSA) is 92.2 Å². The highest BCUT2D eigenvalue weighted by Gasteiger charge is 2.47. The molecular formula is C23H27N3O5. The third kappa shape index (κ3) is 4.54. The molecule has 31 heavy (non-hydrogen) atoms. The maximum Gasteiger partial charge on any atom is 0.295 e. The normalized spacial score (nSPS) is 18.0. The molecule has 8 nitrogen and oxygen atoms in total. The Kier molecular flexibility index (Phi) is 6.91. The van der Waals surface area contributed by atoms with Gasteiger partial charge < -0.3 is 24.4 Å². The van der Waals surface area contributed by atoms with Crippen molar-refractivity contribution in [1.82, 2.24) is 14.8 Å². The molecule has 0 spiro atoms. The summed E-state index contributed by atoms with van der Waals surface area (Å²) in [4.78, 5) is 33.5. The molecule has 1 amide bonds. The number of Topliss-reactive ketones (excluding diaryl/α,β-unsaturated/α-hetero) is 1. The maximum absolute atomic E-state index is 13.1. The molecule has 1 fully saturated rings. The summed E-state index contributed by atoms with van der Waals surface area (Å²) in [6.07, 6.45) is 3.70. The fraction of sp³-hybridized carbons (Fsp3) is 0.348. The van der Waals surface area contributed by atoms with Crippen LogP contribution in [0.1, 0.15) is 23.6 Å². The van der Waals surface area contributed by atoms with Crippen LogP contribution in [0.15, 0.2) is 48.3 Å². The summed E-state index contributed by atoms with van der Waals surface area (Å²) in [6, 6.07) is 7.57. The molecule has 1 aromatic heterocycles. The van der Waals surface area contributed by atoms with Crippen molar-refractivity contribution in [1.29, 1.82) is 0 Å². The predicted octanol–water partition coefficient (Wildman–Crippen LogP) is 2.47. The van der Waals surface area contributed by atoms with Gasteiger partial charge in [0.15, 0.2) is 0 Å². The van der Waals surface area contributed by atoms with E-state index in [2.05, 4.69) is 4.98 Å². The maximum atomic E-state index is 13.1. The van der Waals surface area contributed by atoms with Crippen molar-refractivity contribution in [3.8, 4) is 11.5 Å². The van der Waals surface area contributed by atoms with Gasteiger partial charge in [-0.15, -0.1) is 0 Å². The number of carbonyl (C=O) groups excluding carboxylic acids is 2. The number of ether oxygens (including phenoxy) is 2. The van der Waals surface area contributed by atoms with Gasteiger partial charge in [0.1, 0.15) is 17.3 Å². The van der Waals surface area contributed by atoms with E-state index < -0.39 is 17.7 Å². The SMILES string of the molecule is COc1ccc(OC)c([C@H]2C(=C(O)c3ccncc3)C(=O)C(=O)N2CCCN(C)C)c1. The Morgan fingerprint density at radius 2 is 1.84 bits per heavy atom. The lowest BCUT2D eigenvalue weighted by atomic mass is 9.94. The lowest BCUT2D eigenvalue weighted by molar-refractivity contribution is -0.140. The molecule has 1 aromatic carbocycles. The predicted molar refractivity (Wildman–Crippen MR) is 116 cm³/mol. The van der Waals surface area contributed by atoms with Gasteiger partial charge in [0, 0.05) is 30.1 Å². The highest BCUT2D eigenvalue weighted by atomic mass is 16.5. The number of carbonyl (C=O) groups is 2. The van der Waals surface area contributed by atoms with Gasteiger partial charge in [-0.25, -0.2) is 0 Å². The van der Waals surface area contributed by atoms with Crippen LogP contribution in [0, 0.1) is 0 Å². The average molecular weight is 425 g/mol. The zero-order valence-corrected chi connectivity index (χ0v) is 18.2. The van der Waals surface area contributed by atoms with Gasteiger partial charge in [0.05, 0.1) is 25.8 Å². The molecule has 1 atom stereocenters. The number of nitrogens with zero attached hydrogens (tertiary/aromatic N) is 3. The number of benzene rings is 1. The molecule has 164 valence electrons. The Bertz CT molecular complexity index is 988. The summed E-state index contributed by atoms with van der Waals surface area (Å²) in [6.45, 7) is 1.09. The van der Waals surface area contributed by atoms with E-state index in [9.17, 15) is 14.7 Å². The van der Waals surface area contributed by atoms with Crippen LogP contribution >= 0.6 is 0 Å². The molecule has 2 heterocycles. The molecule has 0 radical (unpaired) electrons. The fourth-order valence-corrected chi connectivity index (χ4v) is 3.71. The van der Waals surface area contributed by atoms with Crippen LogP contribution in [0.2, 0.25) is 0 Å². The van der Waals surface area contributed by atoms with Gasteiger partial charge in [0.25, 0.3) is 11.7 Å². The number of rotatable bonds is 8. The Balaban J connectivity index is 2.18. The summed E-state index contributed by atoms with van der Waals surface area (Å²) in [5, 5.41) is 11.0. The van der Waals surface area contributed by atoms with Crippen molar-refractivity contribution in [3.63, 3.8) is 0 Å². The number of aromatic nitrogens is 1. The van der Waals surface area contributed by atoms with Crippen molar-refractivity contribution in [2.75, 3.05) is 41.4 Å². The number of amides is 1. The minimum atomic E-state index is -0.805. The molecule has 0 bridgehead atoms. The second-order valence-corrected chi connectivity index (χ2v) is 7.49. The number of methoxy groups -OCH3 is 2. The Morgan fingerprint density at radius 1 is 1.13 bits per heavy atom. The quantitative estimate of drug-likeness (QED) is 0.395. The lowest BCUT2D eigenvalue weighted by Gasteiger charge is -2.27. The van der Waals surface area contributed by atoms with E-state index in [-0.39, 0.29) is 11.3 Å². The fourth-order valence-electron chi connectivity index (χ4n) is 3.71. The molecule has 1 saturated heterocycles. The zero-order valence-electron chi connectivity index (χ0n) is 18.2. The molecule has 0 unspecified atom stereocenters. The summed E-state index contributed by atoms with van der Waals surface area (Å²) in [5.41, 5.74) is 1.00. The summed E-state index contributed by atoms with van der Waals surface area (Å²) in [7, 11) is 6.95. The van der Waals surface area contributed by atoms with Crippen LogP contribution < -0.4 is 9.47 Å². The van der Waals surface area contributed by atoms with Gasteiger partial charge in [-0.3, -0.25) is 14.6 Å². The largest absolute Gasteiger partial charge is 0.507 e. The standard InChI is InChI=1S/C23H27N3O5/c1-25(2)12-5-13-26-20(17-14-16(30-3)6-7-18(17)31-4)19(22(28)23(26)29)21(27)15-8-10-24-11-9-15/h6-11,14,20,27H,5,12-13H2,1-4H3/t20-/m0/s1. The molecule has 1 aliphatic rings. The number of aliphatic hydroxyl groups is 1. The van der Waals surface area contributed by atoms with E-state index in [1.165, 1.54) is 31.5 Å². The number of aliphatic hydroxyl groups excluding tert-OH is 1. The smallest absolute Gasteiger partial charge is 0.295 e. The average Bonchev–Trinajstić information content (AvgIpc) is 3.03. The van der Waals surface area contributed by atoms with E-state index in [0.29, 0.717) is 35.6 Å².